The summed E-state index contributed by atoms with van der Waals surface area (Å²) in [6, 6.07) is 11.2. The highest BCUT2D eigenvalue weighted by atomic mass is 35.5. The van der Waals surface area contributed by atoms with Crippen LogP contribution in [0.15, 0.2) is 65.8 Å². The van der Waals surface area contributed by atoms with Crippen molar-refractivity contribution in [1.29, 1.82) is 5.26 Å². The van der Waals surface area contributed by atoms with Crippen molar-refractivity contribution in [3.8, 4) is 6.07 Å². The molecule has 288 valence electrons. The van der Waals surface area contributed by atoms with E-state index in [4.69, 9.17) is 33.1 Å². The van der Waals surface area contributed by atoms with E-state index in [2.05, 4.69) is 20.5 Å². The van der Waals surface area contributed by atoms with Gasteiger partial charge in [-0.1, -0.05) is 47.8 Å². The molecule has 2 aliphatic rings. The van der Waals surface area contributed by atoms with Crippen molar-refractivity contribution >= 4 is 62.7 Å². The Hall–Kier alpha value is -4.80. The molecule has 5 rings (SSSR count). The van der Waals surface area contributed by atoms with Crippen LogP contribution in [-0.4, -0.2) is 101 Å². The molecule has 54 heavy (non-hydrogen) atoms. The number of anilines is 1. The standard InChI is InChI=1S/C32H32Cl2N6O6S.C2HF3O2/c33-25-17-36-18-26(34)29(25)31(42)37-22-9-7-20(8-10-22)14-27(32(43)44)38-30(41)28-15-23(39-11-2-1-3-12-39)19-40(28)47(45,46)24-6-4-5-21(13-24)16-35;3-2(4,5)1(6)7/h4-10,13,17-18,23,27-28H,1-3,11-12,14-15,19H2,(H,37,42)(H,38,41)(H,43,44);(H,6,7)/t23?,27-,28-;/m0./s1. The summed E-state index contributed by atoms with van der Waals surface area (Å²) >= 11 is 12.1. The number of rotatable bonds is 10. The van der Waals surface area contributed by atoms with E-state index >= 15 is 0 Å². The minimum absolute atomic E-state index is 0.0596. The van der Waals surface area contributed by atoms with Crippen LogP contribution in [0, 0.1) is 11.3 Å². The van der Waals surface area contributed by atoms with E-state index in [0.717, 1.165) is 36.7 Å². The van der Waals surface area contributed by atoms with Gasteiger partial charge in [0.1, 0.15) is 12.1 Å². The van der Waals surface area contributed by atoms with Crippen LogP contribution in [0.2, 0.25) is 10.0 Å². The number of likely N-dealkylation sites (tertiary alicyclic amines) is 1. The molecule has 2 aliphatic heterocycles. The summed E-state index contributed by atoms with van der Waals surface area (Å²) in [6.07, 6.45) is 0.638. The number of halogens is 5. The number of carbonyl (C=O) groups excluding carboxylic acids is 2. The van der Waals surface area contributed by atoms with E-state index in [9.17, 15) is 46.3 Å². The molecule has 20 heteroatoms. The number of aromatic nitrogens is 1. The molecule has 0 aliphatic carbocycles. The Kier molecular flexibility index (Phi) is 14.0. The predicted octanol–water partition coefficient (Wildman–Crippen LogP) is 4.58. The summed E-state index contributed by atoms with van der Waals surface area (Å²) < 4.78 is 60.6. The highest BCUT2D eigenvalue weighted by Gasteiger charge is 2.46. The zero-order valence-corrected chi connectivity index (χ0v) is 30.4. The van der Waals surface area contributed by atoms with Crippen molar-refractivity contribution in [3.05, 3.63) is 87.7 Å². The first-order valence-electron chi connectivity index (χ1n) is 16.2. The fourth-order valence-corrected chi connectivity index (χ4v) is 8.17. The molecular formula is C34H33Cl2F3N6O8S. The number of carbonyl (C=O) groups is 4. The topological polar surface area (TPSA) is 210 Å². The highest BCUT2D eigenvalue weighted by molar-refractivity contribution is 7.89. The number of hydrogen-bond donors (Lipinski definition) is 4. The van der Waals surface area contributed by atoms with Gasteiger partial charge >= 0.3 is 18.1 Å². The molecule has 1 aromatic heterocycles. The van der Waals surface area contributed by atoms with Crippen molar-refractivity contribution in [2.24, 2.45) is 0 Å². The van der Waals surface area contributed by atoms with Crippen LogP contribution in [0.4, 0.5) is 18.9 Å². The molecule has 1 unspecified atom stereocenters. The molecule has 2 amide bonds. The van der Waals surface area contributed by atoms with E-state index in [0.29, 0.717) is 11.3 Å². The Morgan fingerprint density at radius 3 is 2.17 bits per heavy atom. The van der Waals surface area contributed by atoms with E-state index in [1.54, 1.807) is 24.3 Å². The zero-order valence-electron chi connectivity index (χ0n) is 28.1. The monoisotopic (exact) mass is 812 g/mol. The largest absolute Gasteiger partial charge is 0.490 e. The van der Waals surface area contributed by atoms with Crippen LogP contribution in [-0.2, 0) is 30.8 Å². The third-order valence-electron chi connectivity index (χ3n) is 8.60. The lowest BCUT2D eigenvalue weighted by Gasteiger charge is -2.32. The van der Waals surface area contributed by atoms with Gasteiger partial charge in [0.2, 0.25) is 15.9 Å². The number of sulfonamides is 1. The number of benzene rings is 2. The van der Waals surface area contributed by atoms with Gasteiger partial charge < -0.3 is 20.8 Å². The molecule has 14 nitrogen and oxygen atoms in total. The normalized spacial score (nSPS) is 18.4. The maximum atomic E-state index is 13.8. The molecule has 2 aromatic carbocycles. The molecule has 0 bridgehead atoms. The van der Waals surface area contributed by atoms with Crippen molar-refractivity contribution in [2.75, 3.05) is 25.0 Å². The lowest BCUT2D eigenvalue weighted by Crippen LogP contribution is -2.51. The summed E-state index contributed by atoms with van der Waals surface area (Å²) in [5.74, 6) is -5.32. The van der Waals surface area contributed by atoms with Crippen LogP contribution in [0.25, 0.3) is 0 Å². The number of carboxylic acid groups (broad SMARTS) is 2. The molecule has 3 heterocycles. The van der Waals surface area contributed by atoms with Gasteiger partial charge in [-0.15, -0.1) is 0 Å². The van der Waals surface area contributed by atoms with E-state index < -0.39 is 52.0 Å². The predicted molar refractivity (Wildman–Crippen MR) is 188 cm³/mol. The number of aliphatic carboxylic acids is 2. The Bertz CT molecular complexity index is 2010. The number of nitrogens with zero attached hydrogens (tertiary/aromatic N) is 4. The second-order valence-corrected chi connectivity index (χ2v) is 15.0. The number of nitriles is 1. The Morgan fingerprint density at radius 1 is 1.00 bits per heavy atom. The summed E-state index contributed by atoms with van der Waals surface area (Å²) in [4.78, 5) is 53.5. The number of piperidine rings is 1. The third kappa shape index (κ3) is 10.7. The zero-order chi connectivity index (χ0) is 39.8. The van der Waals surface area contributed by atoms with Gasteiger partial charge in [-0.05, 0) is 68.2 Å². The van der Waals surface area contributed by atoms with Crippen LogP contribution < -0.4 is 10.6 Å². The van der Waals surface area contributed by atoms with Crippen molar-refractivity contribution in [1.82, 2.24) is 19.5 Å². The summed E-state index contributed by atoms with van der Waals surface area (Å²) in [5.41, 5.74) is 1.17. The second-order valence-electron chi connectivity index (χ2n) is 12.3. The molecule has 3 aromatic rings. The maximum Gasteiger partial charge on any atom is 0.490 e. The SMILES string of the molecule is N#Cc1cccc(S(=O)(=O)N2CC(N3CCCCC3)C[C@H]2C(=O)N[C@@H](Cc2ccc(NC(=O)c3c(Cl)cncc3Cl)cc2)C(=O)O)c1.O=C(O)C(F)(F)F. The number of hydrogen-bond acceptors (Lipinski definition) is 9. The number of carboxylic acids is 2. The molecule has 0 saturated carbocycles. The first kappa shape index (κ1) is 41.9. The highest BCUT2D eigenvalue weighted by Crippen LogP contribution is 2.31. The van der Waals surface area contributed by atoms with E-state index in [-0.39, 0.29) is 51.5 Å². The Balaban J connectivity index is 0.000000845. The minimum atomic E-state index is -5.08. The molecular weight excluding hydrogens is 780 g/mol. The summed E-state index contributed by atoms with van der Waals surface area (Å²) in [6.45, 7) is 1.64. The average Bonchev–Trinajstić information content (AvgIpc) is 3.59. The lowest BCUT2D eigenvalue weighted by atomic mass is 10.0. The van der Waals surface area contributed by atoms with Crippen molar-refractivity contribution in [3.63, 3.8) is 0 Å². The quantitative estimate of drug-likeness (QED) is 0.223. The molecule has 4 N–H and O–H groups in total. The smallest absolute Gasteiger partial charge is 0.480 e. The van der Waals surface area contributed by atoms with Gasteiger partial charge in [0, 0.05) is 37.1 Å². The Morgan fingerprint density at radius 2 is 1.61 bits per heavy atom. The molecule has 3 atom stereocenters. The average molecular weight is 814 g/mol. The van der Waals surface area contributed by atoms with Gasteiger partial charge in [0.15, 0.2) is 0 Å². The first-order valence-corrected chi connectivity index (χ1v) is 18.4. The molecule has 0 radical (unpaired) electrons. The lowest BCUT2D eigenvalue weighted by molar-refractivity contribution is -0.192. The minimum Gasteiger partial charge on any atom is -0.480 e. The van der Waals surface area contributed by atoms with Crippen LogP contribution >= 0.6 is 23.2 Å². The second kappa shape index (κ2) is 18.0. The van der Waals surface area contributed by atoms with Gasteiger partial charge in [-0.2, -0.15) is 22.7 Å². The first-order chi connectivity index (χ1) is 25.4. The fourth-order valence-electron chi connectivity index (χ4n) is 5.95. The van der Waals surface area contributed by atoms with Crippen LogP contribution in [0.3, 0.4) is 0 Å². The van der Waals surface area contributed by atoms with E-state index in [1.165, 1.54) is 36.7 Å². The number of alkyl halides is 3. The summed E-state index contributed by atoms with van der Waals surface area (Å²) in [7, 11) is -4.20. The number of amides is 2. The summed E-state index contributed by atoms with van der Waals surface area (Å²) in [5, 5.41) is 31.9. The Labute approximate surface area is 317 Å². The number of pyridine rings is 1. The van der Waals surface area contributed by atoms with Gasteiger partial charge in [-0.25, -0.2) is 18.0 Å². The number of nitrogens with one attached hydrogen (secondary N) is 2. The van der Waals surface area contributed by atoms with E-state index in [1.807, 2.05) is 6.07 Å². The molecule has 2 fully saturated rings. The molecule has 2 saturated heterocycles. The van der Waals surface area contributed by atoms with Gasteiger partial charge in [-0.3, -0.25) is 19.5 Å². The van der Waals surface area contributed by atoms with Crippen LogP contribution in [0.5, 0.6) is 0 Å². The van der Waals surface area contributed by atoms with Gasteiger partial charge in [0.05, 0.1) is 32.1 Å². The third-order valence-corrected chi connectivity index (χ3v) is 11.0. The van der Waals surface area contributed by atoms with Gasteiger partial charge in [0.25, 0.3) is 5.91 Å². The fraction of sp³-hybridized carbons (Fsp3) is 0.353. The van der Waals surface area contributed by atoms with Crippen molar-refractivity contribution in [2.45, 2.75) is 61.3 Å². The van der Waals surface area contributed by atoms with Crippen molar-refractivity contribution < 1.29 is 51.0 Å². The van der Waals surface area contributed by atoms with Crippen LogP contribution in [0.1, 0.15) is 47.2 Å². The maximum absolute atomic E-state index is 13.8. The molecule has 0 spiro atoms.